The molecule has 1 fully saturated rings. The van der Waals surface area contributed by atoms with Gasteiger partial charge in [0.25, 0.3) is 0 Å². The number of hydrogen-bond acceptors (Lipinski definition) is 2. The molecule has 0 aromatic heterocycles. The van der Waals surface area contributed by atoms with Crippen molar-refractivity contribution in [3.8, 4) is 0 Å². The summed E-state index contributed by atoms with van der Waals surface area (Å²) in [5.41, 5.74) is 7.20. The standard InChI is InChI=1S/C14H18ClNO2/c15-11-6-7-12(14(17)18)10(8-11)5-4-9-2-1-3-13(9)16/h6-9,13H,1-5,16H2,(H,17,18)/t9-,13+/m0/s1. The molecule has 0 saturated heterocycles. The molecule has 2 rings (SSSR count). The van der Waals surface area contributed by atoms with E-state index < -0.39 is 5.97 Å². The van der Waals surface area contributed by atoms with E-state index in [0.29, 0.717) is 16.5 Å². The highest BCUT2D eigenvalue weighted by Crippen LogP contribution is 2.29. The molecule has 3 nitrogen and oxygen atoms in total. The van der Waals surface area contributed by atoms with Crippen LogP contribution in [0.15, 0.2) is 18.2 Å². The Morgan fingerprint density at radius 2 is 2.22 bits per heavy atom. The zero-order chi connectivity index (χ0) is 13.1. The molecule has 18 heavy (non-hydrogen) atoms. The lowest BCUT2D eigenvalue weighted by Gasteiger charge is -2.15. The van der Waals surface area contributed by atoms with Crippen LogP contribution in [-0.2, 0) is 6.42 Å². The molecular weight excluding hydrogens is 250 g/mol. The first-order chi connectivity index (χ1) is 8.58. The average molecular weight is 268 g/mol. The van der Waals surface area contributed by atoms with Gasteiger partial charge in [-0.25, -0.2) is 4.79 Å². The van der Waals surface area contributed by atoms with Crippen molar-refractivity contribution in [2.24, 2.45) is 11.7 Å². The lowest BCUT2D eigenvalue weighted by atomic mass is 9.93. The van der Waals surface area contributed by atoms with Crippen LogP contribution in [0.3, 0.4) is 0 Å². The van der Waals surface area contributed by atoms with Gasteiger partial charge in [-0.1, -0.05) is 18.0 Å². The molecule has 4 heteroatoms. The molecule has 2 atom stereocenters. The van der Waals surface area contributed by atoms with Crippen LogP contribution < -0.4 is 5.73 Å². The van der Waals surface area contributed by atoms with Crippen LogP contribution in [0.4, 0.5) is 0 Å². The van der Waals surface area contributed by atoms with Crippen LogP contribution in [0.1, 0.15) is 41.6 Å². The van der Waals surface area contributed by atoms with Gasteiger partial charge in [-0.3, -0.25) is 0 Å². The van der Waals surface area contributed by atoms with Crippen LogP contribution in [0.5, 0.6) is 0 Å². The maximum Gasteiger partial charge on any atom is 0.335 e. The van der Waals surface area contributed by atoms with Crippen molar-refractivity contribution in [1.82, 2.24) is 0 Å². The number of nitrogens with two attached hydrogens (primary N) is 1. The minimum atomic E-state index is -0.891. The molecule has 0 radical (unpaired) electrons. The van der Waals surface area contributed by atoms with E-state index >= 15 is 0 Å². The van der Waals surface area contributed by atoms with Gasteiger partial charge in [0.05, 0.1) is 5.56 Å². The van der Waals surface area contributed by atoms with Crippen molar-refractivity contribution in [1.29, 1.82) is 0 Å². The van der Waals surface area contributed by atoms with E-state index in [1.807, 2.05) is 0 Å². The minimum Gasteiger partial charge on any atom is -0.478 e. The average Bonchev–Trinajstić information content (AvgIpc) is 2.72. The van der Waals surface area contributed by atoms with Gasteiger partial charge in [-0.2, -0.15) is 0 Å². The maximum atomic E-state index is 11.1. The molecule has 98 valence electrons. The summed E-state index contributed by atoms with van der Waals surface area (Å²) in [5.74, 6) is -0.372. The Morgan fingerprint density at radius 3 is 2.83 bits per heavy atom. The van der Waals surface area contributed by atoms with Crippen molar-refractivity contribution in [2.75, 3.05) is 0 Å². The molecule has 0 spiro atoms. The zero-order valence-electron chi connectivity index (χ0n) is 10.2. The van der Waals surface area contributed by atoms with Gasteiger partial charge in [-0.05, 0) is 55.4 Å². The minimum absolute atomic E-state index is 0.275. The molecule has 0 amide bonds. The molecule has 0 aliphatic heterocycles. The fourth-order valence-corrected chi connectivity index (χ4v) is 2.94. The van der Waals surface area contributed by atoms with E-state index in [0.717, 1.165) is 31.2 Å². The normalized spacial score (nSPS) is 23.2. The third-order valence-electron chi connectivity index (χ3n) is 3.80. The summed E-state index contributed by atoms with van der Waals surface area (Å²) >= 11 is 5.93. The largest absolute Gasteiger partial charge is 0.478 e. The maximum absolute atomic E-state index is 11.1. The van der Waals surface area contributed by atoms with E-state index in [9.17, 15) is 4.79 Å². The molecule has 0 bridgehead atoms. The van der Waals surface area contributed by atoms with Crippen LogP contribution in [0.2, 0.25) is 5.02 Å². The van der Waals surface area contributed by atoms with E-state index in [1.165, 1.54) is 6.42 Å². The quantitative estimate of drug-likeness (QED) is 0.881. The molecule has 1 aliphatic carbocycles. The van der Waals surface area contributed by atoms with Gasteiger partial charge in [0.1, 0.15) is 0 Å². The molecule has 1 aliphatic rings. The van der Waals surface area contributed by atoms with Gasteiger partial charge in [0.15, 0.2) is 0 Å². The Bertz CT molecular complexity index is 447. The summed E-state index contributed by atoms with van der Waals surface area (Å²) in [6.07, 6.45) is 5.12. The monoisotopic (exact) mass is 267 g/mol. The summed E-state index contributed by atoms with van der Waals surface area (Å²) < 4.78 is 0. The van der Waals surface area contributed by atoms with E-state index in [2.05, 4.69) is 0 Å². The van der Waals surface area contributed by atoms with Crippen molar-refractivity contribution in [3.63, 3.8) is 0 Å². The number of carboxylic acid groups (broad SMARTS) is 1. The lowest BCUT2D eigenvalue weighted by Crippen LogP contribution is -2.24. The summed E-state index contributed by atoms with van der Waals surface area (Å²) in [4.78, 5) is 11.1. The van der Waals surface area contributed by atoms with Crippen molar-refractivity contribution >= 4 is 17.6 Å². The Balaban J connectivity index is 2.08. The number of carbonyl (C=O) groups is 1. The highest BCUT2D eigenvalue weighted by atomic mass is 35.5. The van der Waals surface area contributed by atoms with Crippen LogP contribution in [-0.4, -0.2) is 17.1 Å². The first-order valence-electron chi connectivity index (χ1n) is 6.35. The third kappa shape index (κ3) is 3.03. The van der Waals surface area contributed by atoms with Gasteiger partial charge >= 0.3 is 5.97 Å². The zero-order valence-corrected chi connectivity index (χ0v) is 11.0. The summed E-state index contributed by atoms with van der Waals surface area (Å²) in [6, 6.07) is 5.23. The number of carboxylic acids is 1. The summed E-state index contributed by atoms with van der Waals surface area (Å²) in [7, 11) is 0. The smallest absolute Gasteiger partial charge is 0.335 e. The fourth-order valence-electron chi connectivity index (χ4n) is 2.74. The predicted molar refractivity (Wildman–Crippen MR) is 72.0 cm³/mol. The molecule has 1 aromatic rings. The molecule has 1 aromatic carbocycles. The topological polar surface area (TPSA) is 63.3 Å². The molecule has 0 heterocycles. The predicted octanol–water partition coefficient (Wildman–Crippen LogP) is 3.10. The van der Waals surface area contributed by atoms with Gasteiger partial charge in [0, 0.05) is 11.1 Å². The second-order valence-corrected chi connectivity index (χ2v) is 5.44. The summed E-state index contributed by atoms with van der Waals surface area (Å²) in [5, 5.41) is 9.72. The number of halogens is 1. The molecule has 0 unspecified atom stereocenters. The molecule has 1 saturated carbocycles. The van der Waals surface area contributed by atoms with E-state index in [4.69, 9.17) is 22.4 Å². The van der Waals surface area contributed by atoms with Crippen LogP contribution >= 0.6 is 11.6 Å². The molecule has 3 N–H and O–H groups in total. The van der Waals surface area contributed by atoms with Gasteiger partial charge in [-0.15, -0.1) is 0 Å². The van der Waals surface area contributed by atoms with Crippen LogP contribution in [0, 0.1) is 5.92 Å². The molecular formula is C14H18ClNO2. The van der Waals surface area contributed by atoms with Crippen molar-refractivity contribution < 1.29 is 9.90 Å². The van der Waals surface area contributed by atoms with Crippen molar-refractivity contribution in [3.05, 3.63) is 34.3 Å². The number of aryl methyl sites for hydroxylation is 1. The highest BCUT2D eigenvalue weighted by Gasteiger charge is 2.24. The lowest BCUT2D eigenvalue weighted by molar-refractivity contribution is 0.0695. The Kier molecular flexibility index (Phi) is 4.25. The Hall–Kier alpha value is -1.06. The van der Waals surface area contributed by atoms with E-state index in [1.54, 1.807) is 18.2 Å². The first kappa shape index (κ1) is 13.4. The Morgan fingerprint density at radius 1 is 1.44 bits per heavy atom. The fraction of sp³-hybridized carbons (Fsp3) is 0.500. The Labute approximate surface area is 112 Å². The van der Waals surface area contributed by atoms with Crippen LogP contribution in [0.25, 0.3) is 0 Å². The highest BCUT2D eigenvalue weighted by molar-refractivity contribution is 6.30. The SMILES string of the molecule is N[C@@H]1CCC[C@H]1CCc1cc(Cl)ccc1C(=O)O. The van der Waals surface area contributed by atoms with Gasteiger partial charge < -0.3 is 10.8 Å². The number of benzene rings is 1. The second-order valence-electron chi connectivity index (χ2n) is 5.00. The van der Waals surface area contributed by atoms with E-state index in [-0.39, 0.29) is 6.04 Å². The van der Waals surface area contributed by atoms with Gasteiger partial charge in [0.2, 0.25) is 0 Å². The van der Waals surface area contributed by atoms with Crippen molar-refractivity contribution in [2.45, 2.75) is 38.1 Å². The first-order valence-corrected chi connectivity index (χ1v) is 6.73. The number of rotatable bonds is 4. The summed E-state index contributed by atoms with van der Waals surface area (Å²) in [6.45, 7) is 0. The second kappa shape index (κ2) is 5.72. The number of aromatic carboxylic acids is 1. The third-order valence-corrected chi connectivity index (χ3v) is 4.04. The number of hydrogen-bond donors (Lipinski definition) is 2.